The molecule has 21 heavy (non-hydrogen) atoms. The lowest BCUT2D eigenvalue weighted by Gasteiger charge is -2.31. The van der Waals surface area contributed by atoms with Gasteiger partial charge in [0.05, 0.1) is 0 Å². The van der Waals surface area contributed by atoms with Crippen LogP contribution in [0.15, 0.2) is 30.5 Å². The van der Waals surface area contributed by atoms with Crippen molar-refractivity contribution in [3.8, 4) is 0 Å². The smallest absolute Gasteiger partial charge is 0.0491 e. The van der Waals surface area contributed by atoms with Crippen molar-refractivity contribution in [3.63, 3.8) is 0 Å². The third kappa shape index (κ3) is 3.66. The van der Waals surface area contributed by atoms with Gasteiger partial charge in [-0.2, -0.15) is 0 Å². The zero-order chi connectivity index (χ0) is 14.5. The maximum atomic E-state index is 5.27. The lowest BCUT2D eigenvalue weighted by Crippen LogP contribution is -2.35. The first-order valence-electron chi connectivity index (χ1n) is 8.13. The van der Waals surface area contributed by atoms with Crippen LogP contribution in [-0.4, -0.2) is 43.2 Å². The minimum absolute atomic E-state index is 0.778. The number of aryl methyl sites for hydroxylation is 1. The first-order valence-corrected chi connectivity index (χ1v) is 8.13. The number of methoxy groups -OCH3 is 1. The zero-order valence-electron chi connectivity index (χ0n) is 13.0. The number of benzene rings is 1. The molecule has 0 saturated carbocycles. The van der Waals surface area contributed by atoms with Crippen LogP contribution in [0.25, 0.3) is 10.9 Å². The molecule has 3 rings (SSSR count). The largest absolute Gasteiger partial charge is 0.384 e. The van der Waals surface area contributed by atoms with Crippen LogP contribution in [0.5, 0.6) is 0 Å². The summed E-state index contributed by atoms with van der Waals surface area (Å²) < 4.78 is 5.27. The van der Waals surface area contributed by atoms with Crippen molar-refractivity contribution >= 4 is 10.9 Å². The SMILES string of the molecule is COCC1CCN(CCCc2c[nH]c3ccccc23)CC1. The molecule has 0 spiro atoms. The number of nitrogens with one attached hydrogen (secondary N) is 1. The molecule has 0 amide bonds. The van der Waals surface area contributed by atoms with E-state index in [-0.39, 0.29) is 0 Å². The molecule has 1 aliphatic rings. The molecule has 114 valence electrons. The highest BCUT2D eigenvalue weighted by molar-refractivity contribution is 5.82. The maximum Gasteiger partial charge on any atom is 0.0491 e. The second kappa shape index (κ2) is 7.10. The van der Waals surface area contributed by atoms with Gasteiger partial charge in [0.25, 0.3) is 0 Å². The number of hydrogen-bond donors (Lipinski definition) is 1. The van der Waals surface area contributed by atoms with E-state index in [1.54, 1.807) is 0 Å². The molecule has 1 fully saturated rings. The molecule has 3 nitrogen and oxygen atoms in total. The molecule has 2 aromatic rings. The first kappa shape index (κ1) is 14.6. The minimum atomic E-state index is 0.778. The number of aromatic nitrogens is 1. The summed E-state index contributed by atoms with van der Waals surface area (Å²) in [5.74, 6) is 0.778. The molecule has 0 radical (unpaired) electrons. The van der Waals surface area contributed by atoms with Crippen molar-refractivity contribution in [2.75, 3.05) is 33.4 Å². The number of para-hydroxylation sites is 1. The fraction of sp³-hybridized carbons (Fsp3) is 0.556. The summed E-state index contributed by atoms with van der Waals surface area (Å²) in [4.78, 5) is 5.98. The number of H-pyrrole nitrogens is 1. The zero-order valence-corrected chi connectivity index (χ0v) is 13.0. The van der Waals surface area contributed by atoms with Crippen molar-refractivity contribution < 1.29 is 4.74 Å². The van der Waals surface area contributed by atoms with Gasteiger partial charge < -0.3 is 14.6 Å². The monoisotopic (exact) mass is 286 g/mol. The molecule has 0 atom stereocenters. The molecule has 2 heterocycles. The van der Waals surface area contributed by atoms with Crippen LogP contribution >= 0.6 is 0 Å². The van der Waals surface area contributed by atoms with Crippen LogP contribution in [0.1, 0.15) is 24.8 Å². The first-order chi connectivity index (χ1) is 10.4. The summed E-state index contributed by atoms with van der Waals surface area (Å²) in [5.41, 5.74) is 2.72. The minimum Gasteiger partial charge on any atom is -0.384 e. The normalized spacial score (nSPS) is 17.6. The van der Waals surface area contributed by atoms with Gasteiger partial charge >= 0.3 is 0 Å². The summed E-state index contributed by atoms with van der Waals surface area (Å²) in [6, 6.07) is 8.59. The van der Waals surface area contributed by atoms with Crippen LogP contribution in [0.2, 0.25) is 0 Å². The molecular weight excluding hydrogens is 260 g/mol. The van der Waals surface area contributed by atoms with Gasteiger partial charge in [-0.1, -0.05) is 18.2 Å². The second-order valence-corrected chi connectivity index (χ2v) is 6.20. The lowest BCUT2D eigenvalue weighted by molar-refractivity contribution is 0.0991. The van der Waals surface area contributed by atoms with Crippen molar-refractivity contribution in [2.45, 2.75) is 25.7 Å². The van der Waals surface area contributed by atoms with Gasteiger partial charge in [-0.25, -0.2) is 0 Å². The molecule has 1 aromatic heterocycles. The molecule has 0 unspecified atom stereocenters. The van der Waals surface area contributed by atoms with Crippen molar-refractivity contribution in [1.82, 2.24) is 9.88 Å². The highest BCUT2D eigenvalue weighted by Crippen LogP contribution is 2.20. The lowest BCUT2D eigenvalue weighted by atomic mass is 9.97. The summed E-state index contributed by atoms with van der Waals surface area (Å²) >= 11 is 0. The standard InChI is InChI=1S/C18H26N2O/c1-21-14-15-8-11-20(12-9-15)10-4-5-16-13-19-18-7-3-2-6-17(16)18/h2-3,6-7,13,15,19H,4-5,8-12,14H2,1H3. The van der Waals surface area contributed by atoms with Gasteiger partial charge in [0, 0.05) is 30.8 Å². The molecule has 1 N–H and O–H groups in total. The van der Waals surface area contributed by atoms with Crippen molar-refractivity contribution in [3.05, 3.63) is 36.0 Å². The molecule has 1 aliphatic heterocycles. The summed E-state index contributed by atoms with van der Waals surface area (Å²) in [7, 11) is 1.81. The Balaban J connectivity index is 1.44. The Kier molecular flexibility index (Phi) is 4.94. The molecule has 1 saturated heterocycles. The maximum absolute atomic E-state index is 5.27. The molecule has 1 aromatic carbocycles. The Morgan fingerprint density at radius 1 is 1.24 bits per heavy atom. The van der Waals surface area contributed by atoms with Crippen LogP contribution in [0, 0.1) is 5.92 Å². The number of piperidine rings is 1. The molecular formula is C18H26N2O. The van der Waals surface area contributed by atoms with Gasteiger partial charge in [-0.3, -0.25) is 0 Å². The highest BCUT2D eigenvalue weighted by atomic mass is 16.5. The number of aromatic amines is 1. The average Bonchev–Trinajstić information content (AvgIpc) is 2.93. The number of likely N-dealkylation sites (tertiary alicyclic amines) is 1. The summed E-state index contributed by atoms with van der Waals surface area (Å²) in [6.07, 6.45) is 7.18. The van der Waals surface area contributed by atoms with Crippen molar-refractivity contribution in [2.24, 2.45) is 5.92 Å². The Morgan fingerprint density at radius 2 is 2.05 bits per heavy atom. The highest BCUT2D eigenvalue weighted by Gasteiger charge is 2.18. The van der Waals surface area contributed by atoms with E-state index >= 15 is 0 Å². The third-order valence-corrected chi connectivity index (χ3v) is 4.70. The van der Waals surface area contributed by atoms with Gasteiger partial charge in [-0.05, 0) is 62.9 Å². The number of rotatable bonds is 6. The van der Waals surface area contributed by atoms with Gasteiger partial charge in [0.15, 0.2) is 0 Å². The third-order valence-electron chi connectivity index (χ3n) is 4.70. The van der Waals surface area contributed by atoms with Crippen LogP contribution in [-0.2, 0) is 11.2 Å². The number of nitrogens with zero attached hydrogens (tertiary/aromatic N) is 1. The number of ether oxygens (including phenoxy) is 1. The van der Waals surface area contributed by atoms with Crippen LogP contribution in [0.4, 0.5) is 0 Å². The fourth-order valence-electron chi connectivity index (χ4n) is 3.44. The number of hydrogen-bond acceptors (Lipinski definition) is 2. The summed E-state index contributed by atoms with van der Waals surface area (Å²) in [6.45, 7) is 4.63. The molecule has 3 heteroatoms. The number of fused-ring (bicyclic) bond motifs is 1. The Bertz CT molecular complexity index is 555. The average molecular weight is 286 g/mol. The predicted octanol–water partition coefficient (Wildman–Crippen LogP) is 3.46. The molecule has 0 bridgehead atoms. The van der Waals surface area contributed by atoms with E-state index in [2.05, 4.69) is 40.3 Å². The van der Waals surface area contributed by atoms with E-state index in [0.29, 0.717) is 0 Å². The topological polar surface area (TPSA) is 28.3 Å². The fourth-order valence-corrected chi connectivity index (χ4v) is 3.44. The van der Waals surface area contributed by atoms with Crippen molar-refractivity contribution in [1.29, 1.82) is 0 Å². The second-order valence-electron chi connectivity index (χ2n) is 6.20. The van der Waals surface area contributed by atoms with E-state index in [4.69, 9.17) is 4.74 Å². The van der Waals surface area contributed by atoms with E-state index in [1.807, 2.05) is 7.11 Å². The Morgan fingerprint density at radius 3 is 2.86 bits per heavy atom. The van der Waals surface area contributed by atoms with Gasteiger partial charge in [0.2, 0.25) is 0 Å². The van der Waals surface area contributed by atoms with E-state index in [1.165, 1.54) is 61.8 Å². The van der Waals surface area contributed by atoms with Gasteiger partial charge in [-0.15, -0.1) is 0 Å². The Hall–Kier alpha value is -1.32. The van der Waals surface area contributed by atoms with E-state index < -0.39 is 0 Å². The molecule has 0 aliphatic carbocycles. The predicted molar refractivity (Wildman–Crippen MR) is 87.7 cm³/mol. The Labute approximate surface area is 127 Å². The summed E-state index contributed by atoms with van der Waals surface area (Å²) in [5, 5.41) is 1.39. The van der Waals surface area contributed by atoms with Crippen LogP contribution in [0.3, 0.4) is 0 Å². The van der Waals surface area contributed by atoms with E-state index in [0.717, 1.165) is 12.5 Å². The quantitative estimate of drug-likeness (QED) is 0.881. The van der Waals surface area contributed by atoms with Gasteiger partial charge in [0.1, 0.15) is 0 Å². The van der Waals surface area contributed by atoms with E-state index in [9.17, 15) is 0 Å². The van der Waals surface area contributed by atoms with Crippen LogP contribution < -0.4 is 0 Å².